The third-order valence-corrected chi connectivity index (χ3v) is 4.75. The first-order valence-electron chi connectivity index (χ1n) is 9.48. The lowest BCUT2D eigenvalue weighted by atomic mass is 10.1. The first kappa shape index (κ1) is 19.8. The van der Waals surface area contributed by atoms with Crippen molar-refractivity contribution in [1.82, 2.24) is 15.0 Å². The van der Waals surface area contributed by atoms with Crippen LogP contribution in [0.5, 0.6) is 0 Å². The van der Waals surface area contributed by atoms with E-state index >= 15 is 0 Å². The van der Waals surface area contributed by atoms with Gasteiger partial charge in [-0.2, -0.15) is 4.98 Å². The Kier molecular flexibility index (Phi) is 6.21. The highest BCUT2D eigenvalue weighted by molar-refractivity contribution is 5.70. The number of hydrogen-bond acceptors (Lipinski definition) is 6. The average Bonchev–Trinajstić information content (AvgIpc) is 2.69. The van der Waals surface area contributed by atoms with Crippen molar-refractivity contribution >= 4 is 17.5 Å². The van der Waals surface area contributed by atoms with Crippen molar-refractivity contribution in [3.05, 3.63) is 59.9 Å². The molecule has 146 valence electrons. The molecule has 0 saturated carbocycles. The Balaban J connectivity index is 2.02. The maximum Gasteiger partial charge on any atom is 0.225 e. The highest BCUT2D eigenvalue weighted by Crippen LogP contribution is 2.27. The zero-order chi connectivity index (χ0) is 20.1. The Morgan fingerprint density at radius 1 is 1.00 bits per heavy atom. The Morgan fingerprint density at radius 2 is 1.68 bits per heavy atom. The number of nitrogens with zero attached hydrogens (tertiary/aromatic N) is 3. The van der Waals surface area contributed by atoms with E-state index in [1.807, 2.05) is 24.3 Å². The van der Waals surface area contributed by atoms with Gasteiger partial charge in [0.25, 0.3) is 0 Å². The van der Waals surface area contributed by atoms with Crippen LogP contribution in [-0.2, 0) is 0 Å². The van der Waals surface area contributed by atoms with E-state index in [-0.39, 0.29) is 18.6 Å². The number of rotatable bonds is 7. The Hall–Kier alpha value is -2.99. The Bertz CT molecular complexity index is 907. The standard InChI is InChI=1S/C22H27N5O/c1-14(2)19(13-28)25-22-24-18(17-8-10-23-11-9-17)12-20(27-22)26-21-15(3)6-5-7-16(21)4/h5-12,14,19,28H,13H2,1-4H3,(H2,24,25,26,27)/t19-/m1/s1. The molecule has 0 fully saturated rings. The van der Waals surface area contributed by atoms with Gasteiger partial charge in [0.2, 0.25) is 5.95 Å². The number of anilines is 3. The van der Waals surface area contributed by atoms with Gasteiger partial charge in [0.05, 0.1) is 18.3 Å². The van der Waals surface area contributed by atoms with E-state index in [0.29, 0.717) is 11.8 Å². The van der Waals surface area contributed by atoms with Gasteiger partial charge in [-0.3, -0.25) is 4.98 Å². The summed E-state index contributed by atoms with van der Waals surface area (Å²) in [6, 6.07) is 11.8. The zero-order valence-electron chi connectivity index (χ0n) is 16.8. The summed E-state index contributed by atoms with van der Waals surface area (Å²) in [5.41, 5.74) is 5.07. The minimum absolute atomic E-state index is 0.0141. The fourth-order valence-electron chi connectivity index (χ4n) is 2.98. The SMILES string of the molecule is Cc1cccc(C)c1Nc1cc(-c2ccncc2)nc(N[C@H](CO)C(C)C)n1. The molecule has 0 unspecified atom stereocenters. The number of pyridine rings is 1. The molecule has 2 aromatic heterocycles. The fourth-order valence-corrected chi connectivity index (χ4v) is 2.98. The van der Waals surface area contributed by atoms with Crippen LogP contribution >= 0.6 is 0 Å². The lowest BCUT2D eigenvalue weighted by molar-refractivity contribution is 0.248. The Morgan fingerprint density at radius 3 is 2.29 bits per heavy atom. The van der Waals surface area contributed by atoms with Crippen LogP contribution in [0.4, 0.5) is 17.5 Å². The van der Waals surface area contributed by atoms with Gasteiger partial charge < -0.3 is 15.7 Å². The molecular weight excluding hydrogens is 350 g/mol. The van der Waals surface area contributed by atoms with Crippen molar-refractivity contribution in [3.8, 4) is 11.3 Å². The third-order valence-electron chi connectivity index (χ3n) is 4.75. The number of aliphatic hydroxyl groups is 1. The van der Waals surface area contributed by atoms with Gasteiger partial charge in [-0.05, 0) is 43.0 Å². The molecule has 1 aromatic carbocycles. The average molecular weight is 377 g/mol. The molecule has 0 saturated heterocycles. The molecule has 6 heteroatoms. The number of aliphatic hydroxyl groups excluding tert-OH is 1. The summed E-state index contributed by atoms with van der Waals surface area (Å²) in [5, 5.41) is 16.4. The summed E-state index contributed by atoms with van der Waals surface area (Å²) in [6.07, 6.45) is 3.49. The minimum atomic E-state index is -0.124. The first-order chi connectivity index (χ1) is 13.5. The number of para-hydroxylation sites is 1. The molecule has 3 N–H and O–H groups in total. The van der Waals surface area contributed by atoms with Gasteiger partial charge in [-0.25, -0.2) is 4.98 Å². The molecule has 0 aliphatic carbocycles. The zero-order valence-corrected chi connectivity index (χ0v) is 16.8. The molecule has 0 radical (unpaired) electrons. The van der Waals surface area contributed by atoms with Gasteiger partial charge in [0, 0.05) is 29.7 Å². The number of hydrogen-bond donors (Lipinski definition) is 3. The van der Waals surface area contributed by atoms with Crippen molar-refractivity contribution in [2.75, 3.05) is 17.2 Å². The largest absolute Gasteiger partial charge is 0.394 e. The van der Waals surface area contributed by atoms with Gasteiger partial charge in [0.1, 0.15) is 5.82 Å². The lowest BCUT2D eigenvalue weighted by Gasteiger charge is -2.21. The van der Waals surface area contributed by atoms with Gasteiger partial charge in [-0.15, -0.1) is 0 Å². The quantitative estimate of drug-likeness (QED) is 0.568. The van der Waals surface area contributed by atoms with Crippen LogP contribution in [0.1, 0.15) is 25.0 Å². The van der Waals surface area contributed by atoms with Crippen molar-refractivity contribution < 1.29 is 5.11 Å². The molecule has 6 nitrogen and oxygen atoms in total. The molecular formula is C22H27N5O. The number of nitrogens with one attached hydrogen (secondary N) is 2. The summed E-state index contributed by atoms with van der Waals surface area (Å²) in [6.45, 7) is 8.26. The molecule has 3 rings (SSSR count). The summed E-state index contributed by atoms with van der Waals surface area (Å²) < 4.78 is 0. The molecule has 28 heavy (non-hydrogen) atoms. The van der Waals surface area contributed by atoms with E-state index in [0.717, 1.165) is 28.1 Å². The van der Waals surface area contributed by atoms with Crippen molar-refractivity contribution in [2.45, 2.75) is 33.7 Å². The monoisotopic (exact) mass is 377 g/mol. The molecule has 1 atom stereocenters. The predicted molar refractivity (Wildman–Crippen MR) is 114 cm³/mol. The van der Waals surface area contributed by atoms with Gasteiger partial charge >= 0.3 is 0 Å². The topological polar surface area (TPSA) is 83.0 Å². The smallest absolute Gasteiger partial charge is 0.225 e. The number of aromatic nitrogens is 3. The van der Waals surface area contributed by atoms with Gasteiger partial charge in [0.15, 0.2) is 0 Å². The van der Waals surface area contributed by atoms with Crippen LogP contribution in [0.25, 0.3) is 11.3 Å². The van der Waals surface area contributed by atoms with Crippen molar-refractivity contribution in [1.29, 1.82) is 0 Å². The molecule has 0 aliphatic rings. The van der Waals surface area contributed by atoms with Crippen molar-refractivity contribution in [3.63, 3.8) is 0 Å². The van der Waals surface area contributed by atoms with Crippen LogP contribution in [0, 0.1) is 19.8 Å². The van der Waals surface area contributed by atoms with Crippen LogP contribution < -0.4 is 10.6 Å². The van der Waals surface area contributed by atoms with Crippen LogP contribution in [0.3, 0.4) is 0 Å². The lowest BCUT2D eigenvalue weighted by Crippen LogP contribution is -2.30. The van der Waals surface area contributed by atoms with Crippen LogP contribution in [0.15, 0.2) is 48.8 Å². The summed E-state index contributed by atoms with van der Waals surface area (Å²) in [4.78, 5) is 13.4. The highest BCUT2D eigenvalue weighted by atomic mass is 16.3. The first-order valence-corrected chi connectivity index (χ1v) is 9.48. The molecule has 3 aromatic rings. The van der Waals surface area contributed by atoms with E-state index in [1.165, 1.54) is 0 Å². The van der Waals surface area contributed by atoms with E-state index in [9.17, 15) is 5.11 Å². The maximum atomic E-state index is 9.68. The predicted octanol–water partition coefficient (Wildman–Crippen LogP) is 4.33. The van der Waals surface area contributed by atoms with E-state index in [1.54, 1.807) is 12.4 Å². The third kappa shape index (κ3) is 4.64. The molecule has 0 bridgehead atoms. The molecule has 0 amide bonds. The van der Waals surface area contributed by atoms with Crippen LogP contribution in [-0.4, -0.2) is 32.7 Å². The van der Waals surface area contributed by atoms with E-state index < -0.39 is 0 Å². The number of aryl methyl sites for hydroxylation is 2. The fraction of sp³-hybridized carbons (Fsp3) is 0.318. The maximum absolute atomic E-state index is 9.68. The van der Waals surface area contributed by atoms with E-state index in [2.05, 4.69) is 65.4 Å². The minimum Gasteiger partial charge on any atom is -0.394 e. The summed E-state index contributed by atoms with van der Waals surface area (Å²) in [7, 11) is 0. The second-order valence-corrected chi connectivity index (χ2v) is 7.27. The summed E-state index contributed by atoms with van der Waals surface area (Å²) in [5.74, 6) is 1.42. The van der Waals surface area contributed by atoms with E-state index in [4.69, 9.17) is 0 Å². The normalized spacial score (nSPS) is 12.1. The van der Waals surface area contributed by atoms with Gasteiger partial charge in [-0.1, -0.05) is 32.0 Å². The second kappa shape index (κ2) is 8.80. The summed E-state index contributed by atoms with van der Waals surface area (Å²) >= 11 is 0. The molecule has 2 heterocycles. The van der Waals surface area contributed by atoms with Crippen molar-refractivity contribution in [2.24, 2.45) is 5.92 Å². The number of benzene rings is 1. The Labute approximate surface area is 166 Å². The highest BCUT2D eigenvalue weighted by Gasteiger charge is 2.15. The molecule has 0 spiro atoms. The molecule has 0 aliphatic heterocycles. The van der Waals surface area contributed by atoms with Crippen LogP contribution in [0.2, 0.25) is 0 Å². The second-order valence-electron chi connectivity index (χ2n) is 7.27.